The second-order valence-corrected chi connectivity index (χ2v) is 7.45. The lowest BCUT2D eigenvalue weighted by Gasteiger charge is -2.27. The zero-order valence-electron chi connectivity index (χ0n) is 12.4. The molecule has 0 saturated heterocycles. The van der Waals surface area contributed by atoms with Gasteiger partial charge in [0.05, 0.1) is 7.11 Å². The van der Waals surface area contributed by atoms with Crippen LogP contribution in [0.5, 0.6) is 5.75 Å². The van der Waals surface area contributed by atoms with Crippen molar-refractivity contribution in [2.75, 3.05) is 19.9 Å². The van der Waals surface area contributed by atoms with Crippen molar-refractivity contribution in [2.45, 2.75) is 37.5 Å². The molecule has 1 unspecified atom stereocenters. The highest BCUT2D eigenvalue weighted by atomic mass is 32.2. The van der Waals surface area contributed by atoms with E-state index in [0.29, 0.717) is 10.8 Å². The summed E-state index contributed by atoms with van der Waals surface area (Å²) >= 11 is 1.92. The van der Waals surface area contributed by atoms with Gasteiger partial charge in [0.15, 0.2) is 0 Å². The first-order valence-corrected chi connectivity index (χ1v) is 8.21. The van der Waals surface area contributed by atoms with E-state index in [1.807, 2.05) is 11.8 Å². The Morgan fingerprint density at radius 1 is 1.32 bits per heavy atom. The summed E-state index contributed by atoms with van der Waals surface area (Å²) in [6.45, 7) is 5.63. The summed E-state index contributed by atoms with van der Waals surface area (Å²) in [5.41, 5.74) is 1.39. The molecule has 0 aromatic heterocycles. The first-order chi connectivity index (χ1) is 9.05. The van der Waals surface area contributed by atoms with E-state index in [4.69, 9.17) is 4.74 Å². The van der Waals surface area contributed by atoms with Crippen LogP contribution in [0.15, 0.2) is 24.3 Å². The number of methoxy groups -OCH3 is 1. The smallest absolute Gasteiger partial charge is 0.118 e. The Bertz CT molecular complexity index is 398. The lowest BCUT2D eigenvalue weighted by atomic mass is 10.0. The van der Waals surface area contributed by atoms with Crippen molar-refractivity contribution in [2.24, 2.45) is 5.92 Å². The number of hydrogen-bond acceptors (Lipinski definition) is 3. The van der Waals surface area contributed by atoms with E-state index in [0.717, 1.165) is 18.2 Å². The third kappa shape index (κ3) is 4.15. The average molecular weight is 279 g/mol. The molecule has 0 bridgehead atoms. The van der Waals surface area contributed by atoms with Gasteiger partial charge >= 0.3 is 0 Å². The standard InChI is InChI=1S/C16H25NOS/c1-16(2,19-4)11-17-15(12-5-6-12)13-7-9-14(18-3)10-8-13/h7-10,12,15,17H,5-6,11H2,1-4H3. The molecule has 1 aromatic rings. The van der Waals surface area contributed by atoms with E-state index >= 15 is 0 Å². The molecule has 1 aliphatic carbocycles. The van der Waals surface area contributed by atoms with Gasteiger partial charge in [0.2, 0.25) is 0 Å². The van der Waals surface area contributed by atoms with Gasteiger partial charge in [0, 0.05) is 17.3 Å². The highest BCUT2D eigenvalue weighted by molar-refractivity contribution is 7.99. The summed E-state index contributed by atoms with van der Waals surface area (Å²) in [6, 6.07) is 9.01. The van der Waals surface area contributed by atoms with Crippen LogP contribution in [0.25, 0.3) is 0 Å². The zero-order valence-corrected chi connectivity index (χ0v) is 13.2. The highest BCUT2D eigenvalue weighted by Crippen LogP contribution is 2.41. The number of nitrogens with one attached hydrogen (secondary N) is 1. The SMILES string of the molecule is COc1ccc(C(NCC(C)(C)SC)C2CC2)cc1. The number of hydrogen-bond donors (Lipinski definition) is 1. The Hall–Kier alpha value is -0.670. The topological polar surface area (TPSA) is 21.3 Å². The maximum atomic E-state index is 5.23. The molecule has 0 spiro atoms. The number of rotatable bonds is 7. The van der Waals surface area contributed by atoms with Gasteiger partial charge in [-0.15, -0.1) is 0 Å². The van der Waals surface area contributed by atoms with Gasteiger partial charge in [-0.3, -0.25) is 0 Å². The maximum Gasteiger partial charge on any atom is 0.118 e. The van der Waals surface area contributed by atoms with E-state index in [1.165, 1.54) is 18.4 Å². The monoisotopic (exact) mass is 279 g/mol. The molecule has 2 rings (SSSR count). The lowest BCUT2D eigenvalue weighted by Crippen LogP contribution is -2.35. The summed E-state index contributed by atoms with van der Waals surface area (Å²) in [6.07, 6.45) is 4.88. The Balaban J connectivity index is 2.03. The minimum Gasteiger partial charge on any atom is -0.497 e. The number of benzene rings is 1. The summed E-state index contributed by atoms with van der Waals surface area (Å²) in [5, 5.41) is 3.76. The molecule has 0 radical (unpaired) electrons. The van der Waals surface area contributed by atoms with E-state index < -0.39 is 0 Å². The van der Waals surface area contributed by atoms with Gasteiger partial charge < -0.3 is 10.1 Å². The van der Waals surface area contributed by atoms with E-state index in [2.05, 4.69) is 49.7 Å². The Kier molecular flexibility index (Phi) is 4.80. The summed E-state index contributed by atoms with van der Waals surface area (Å²) < 4.78 is 5.52. The molecule has 1 saturated carbocycles. The van der Waals surface area contributed by atoms with Gasteiger partial charge in [-0.2, -0.15) is 11.8 Å². The average Bonchev–Trinajstić information content (AvgIpc) is 3.24. The molecule has 19 heavy (non-hydrogen) atoms. The number of thioether (sulfide) groups is 1. The second kappa shape index (κ2) is 6.19. The van der Waals surface area contributed by atoms with E-state index in [-0.39, 0.29) is 0 Å². The van der Waals surface area contributed by atoms with Crippen LogP contribution in [0.2, 0.25) is 0 Å². The molecule has 2 nitrogen and oxygen atoms in total. The minimum absolute atomic E-state index is 0.291. The van der Waals surface area contributed by atoms with Crippen molar-refractivity contribution < 1.29 is 4.74 Å². The minimum atomic E-state index is 0.291. The molecule has 0 heterocycles. The Labute approximate surface area is 121 Å². The van der Waals surface area contributed by atoms with Crippen molar-refractivity contribution >= 4 is 11.8 Å². The Morgan fingerprint density at radius 2 is 1.95 bits per heavy atom. The predicted molar refractivity (Wildman–Crippen MR) is 84.1 cm³/mol. The molecule has 1 N–H and O–H groups in total. The van der Waals surface area contributed by atoms with Crippen LogP contribution in [0, 0.1) is 5.92 Å². The highest BCUT2D eigenvalue weighted by Gasteiger charge is 2.33. The quantitative estimate of drug-likeness (QED) is 0.818. The van der Waals surface area contributed by atoms with Crippen LogP contribution >= 0.6 is 11.8 Å². The first-order valence-electron chi connectivity index (χ1n) is 6.98. The largest absolute Gasteiger partial charge is 0.497 e. The molecule has 106 valence electrons. The lowest BCUT2D eigenvalue weighted by molar-refractivity contribution is 0.413. The summed E-state index contributed by atoms with van der Waals surface area (Å²) in [4.78, 5) is 0. The van der Waals surface area contributed by atoms with Crippen LogP contribution in [0.4, 0.5) is 0 Å². The molecular weight excluding hydrogens is 254 g/mol. The maximum absolute atomic E-state index is 5.23. The molecule has 1 atom stereocenters. The number of ether oxygens (including phenoxy) is 1. The van der Waals surface area contributed by atoms with Crippen LogP contribution in [-0.4, -0.2) is 24.7 Å². The van der Waals surface area contributed by atoms with Crippen molar-refractivity contribution in [3.05, 3.63) is 29.8 Å². The van der Waals surface area contributed by atoms with Gasteiger partial charge in [0.25, 0.3) is 0 Å². The van der Waals surface area contributed by atoms with Crippen molar-refractivity contribution in [1.82, 2.24) is 5.32 Å². The van der Waals surface area contributed by atoms with E-state index in [1.54, 1.807) is 7.11 Å². The van der Waals surface area contributed by atoms with Gasteiger partial charge in [-0.05, 0) is 56.6 Å². The second-order valence-electron chi connectivity index (χ2n) is 5.93. The molecule has 0 aliphatic heterocycles. The van der Waals surface area contributed by atoms with Gasteiger partial charge in [-0.25, -0.2) is 0 Å². The van der Waals surface area contributed by atoms with Gasteiger partial charge in [-0.1, -0.05) is 12.1 Å². The first kappa shape index (κ1) is 14.7. The van der Waals surface area contributed by atoms with Gasteiger partial charge in [0.1, 0.15) is 5.75 Å². The third-order valence-corrected chi connectivity index (χ3v) is 5.12. The fourth-order valence-corrected chi connectivity index (χ4v) is 2.45. The Morgan fingerprint density at radius 3 is 2.42 bits per heavy atom. The van der Waals surface area contributed by atoms with Crippen LogP contribution in [-0.2, 0) is 0 Å². The summed E-state index contributed by atoms with van der Waals surface area (Å²) in [7, 11) is 1.71. The van der Waals surface area contributed by atoms with Crippen molar-refractivity contribution in [3.63, 3.8) is 0 Å². The molecule has 1 aromatic carbocycles. The van der Waals surface area contributed by atoms with E-state index in [9.17, 15) is 0 Å². The molecule has 1 fully saturated rings. The predicted octanol–water partition coefficient (Wildman–Crippen LogP) is 3.88. The van der Waals surface area contributed by atoms with Crippen LogP contribution in [0.1, 0.15) is 38.3 Å². The summed E-state index contributed by atoms with van der Waals surface area (Å²) in [5.74, 6) is 1.74. The fourth-order valence-electron chi connectivity index (χ4n) is 2.23. The normalized spacial score (nSPS) is 17.3. The van der Waals surface area contributed by atoms with Crippen molar-refractivity contribution in [3.8, 4) is 5.75 Å². The zero-order chi connectivity index (χ0) is 13.9. The van der Waals surface area contributed by atoms with Crippen LogP contribution in [0.3, 0.4) is 0 Å². The molecule has 0 amide bonds. The molecular formula is C16H25NOS. The fraction of sp³-hybridized carbons (Fsp3) is 0.625. The van der Waals surface area contributed by atoms with Crippen LogP contribution < -0.4 is 10.1 Å². The molecule has 1 aliphatic rings. The third-order valence-electron chi connectivity index (χ3n) is 3.87. The van der Waals surface area contributed by atoms with Crippen molar-refractivity contribution in [1.29, 1.82) is 0 Å². The molecule has 3 heteroatoms.